The van der Waals surface area contributed by atoms with Crippen LogP contribution in [0.3, 0.4) is 0 Å². The third-order valence-corrected chi connectivity index (χ3v) is 4.75. The first-order valence-electron chi connectivity index (χ1n) is 9.16. The van der Waals surface area contributed by atoms with Crippen molar-refractivity contribution in [2.75, 3.05) is 25.0 Å². The van der Waals surface area contributed by atoms with Gasteiger partial charge in [0.05, 0.1) is 12.2 Å². The number of benzene rings is 1. The van der Waals surface area contributed by atoms with Crippen LogP contribution in [-0.2, 0) is 6.18 Å². The van der Waals surface area contributed by atoms with Crippen molar-refractivity contribution in [3.05, 3.63) is 65.0 Å². The van der Waals surface area contributed by atoms with E-state index < -0.39 is 42.1 Å². The Kier molecular flexibility index (Phi) is 6.56. The highest BCUT2D eigenvalue weighted by molar-refractivity contribution is 5.90. The number of aliphatic hydroxyl groups is 2. The van der Waals surface area contributed by atoms with Crippen LogP contribution in [0.2, 0.25) is 0 Å². The maximum absolute atomic E-state index is 14.3. The number of halogens is 5. The van der Waals surface area contributed by atoms with Gasteiger partial charge >= 0.3 is 12.2 Å². The topological polar surface area (TPSA) is 85.7 Å². The van der Waals surface area contributed by atoms with E-state index in [1.165, 1.54) is 11.1 Å². The average Bonchev–Trinajstić information content (AvgIpc) is 2.72. The van der Waals surface area contributed by atoms with Crippen LogP contribution in [0.4, 0.5) is 32.4 Å². The summed E-state index contributed by atoms with van der Waals surface area (Å²) in [6.07, 6.45) is -3.01. The molecule has 31 heavy (non-hydrogen) atoms. The van der Waals surface area contributed by atoms with Crippen LogP contribution in [0.5, 0.6) is 0 Å². The smallest absolute Gasteiger partial charge is 0.393 e. The molecule has 6 nitrogen and oxygen atoms in total. The minimum Gasteiger partial charge on any atom is -0.393 e. The summed E-state index contributed by atoms with van der Waals surface area (Å²) in [6, 6.07) is 2.52. The fourth-order valence-electron chi connectivity index (χ4n) is 3.07. The molecule has 3 N–H and O–H groups in total. The molecule has 1 atom stereocenters. The van der Waals surface area contributed by atoms with Crippen molar-refractivity contribution in [2.45, 2.75) is 18.7 Å². The number of pyridine rings is 1. The highest BCUT2D eigenvalue weighted by Gasteiger charge is 2.34. The molecule has 0 fully saturated rings. The number of urea groups is 1. The van der Waals surface area contributed by atoms with Crippen molar-refractivity contribution in [2.24, 2.45) is 0 Å². The predicted octanol–water partition coefficient (Wildman–Crippen LogP) is 3.73. The largest absolute Gasteiger partial charge is 0.419 e. The van der Waals surface area contributed by atoms with Crippen LogP contribution in [0.25, 0.3) is 5.57 Å². The highest BCUT2D eigenvalue weighted by atomic mass is 19.4. The lowest BCUT2D eigenvalue weighted by molar-refractivity contribution is -0.139. The van der Waals surface area contributed by atoms with E-state index in [9.17, 15) is 31.9 Å². The van der Waals surface area contributed by atoms with Crippen molar-refractivity contribution < 1.29 is 37.0 Å². The van der Waals surface area contributed by atoms with Crippen LogP contribution < -0.4 is 5.32 Å². The summed E-state index contributed by atoms with van der Waals surface area (Å²) in [5.41, 5.74) is -0.838. The van der Waals surface area contributed by atoms with Gasteiger partial charge in [0.25, 0.3) is 0 Å². The monoisotopic (exact) mass is 443 g/mol. The Balaban J connectivity index is 1.66. The van der Waals surface area contributed by atoms with Crippen molar-refractivity contribution >= 4 is 17.3 Å². The first-order chi connectivity index (χ1) is 14.6. The van der Waals surface area contributed by atoms with E-state index in [-0.39, 0.29) is 36.5 Å². The molecule has 0 radical (unpaired) electrons. The number of rotatable bonds is 4. The van der Waals surface area contributed by atoms with Gasteiger partial charge in [0, 0.05) is 30.5 Å². The van der Waals surface area contributed by atoms with Gasteiger partial charge in [0.15, 0.2) is 0 Å². The van der Waals surface area contributed by atoms with Gasteiger partial charge in [-0.15, -0.1) is 0 Å². The number of amides is 2. The quantitative estimate of drug-likeness (QED) is 0.629. The minimum absolute atomic E-state index is 0.0544. The predicted molar refractivity (Wildman–Crippen MR) is 101 cm³/mol. The molecule has 0 bridgehead atoms. The molecule has 1 aromatic carbocycles. The SMILES string of the molecule is O=C(Nc1ccc(C(F)(F)F)c(F)c1)N1CC=C(c2ncc(C(O)CO)cc2F)CC1. The summed E-state index contributed by atoms with van der Waals surface area (Å²) >= 11 is 0. The van der Waals surface area contributed by atoms with Crippen LogP contribution in [0.15, 0.2) is 36.5 Å². The molecular formula is C20H18F5N3O3. The fourth-order valence-corrected chi connectivity index (χ4v) is 3.07. The second-order valence-corrected chi connectivity index (χ2v) is 6.85. The molecule has 0 saturated carbocycles. The van der Waals surface area contributed by atoms with Gasteiger partial charge in [0.1, 0.15) is 23.4 Å². The Morgan fingerprint density at radius 2 is 1.97 bits per heavy atom. The first kappa shape index (κ1) is 22.6. The zero-order valence-electron chi connectivity index (χ0n) is 16.0. The van der Waals surface area contributed by atoms with Crippen molar-refractivity contribution in [3.8, 4) is 0 Å². The molecule has 2 aromatic rings. The van der Waals surface area contributed by atoms with E-state index in [0.29, 0.717) is 17.7 Å². The Hall–Kier alpha value is -3.05. The molecule has 0 aliphatic carbocycles. The van der Waals surface area contributed by atoms with Crippen molar-refractivity contribution in [1.82, 2.24) is 9.88 Å². The maximum Gasteiger partial charge on any atom is 0.419 e. The molecule has 1 aromatic heterocycles. The lowest BCUT2D eigenvalue weighted by Crippen LogP contribution is -2.38. The molecular weight excluding hydrogens is 425 g/mol. The van der Waals surface area contributed by atoms with Crippen LogP contribution in [0, 0.1) is 11.6 Å². The Bertz CT molecular complexity index is 1010. The normalized spacial score (nSPS) is 15.5. The number of aliphatic hydroxyl groups excluding tert-OH is 2. The second kappa shape index (κ2) is 8.98. The van der Waals surface area contributed by atoms with Gasteiger partial charge in [0.2, 0.25) is 0 Å². The van der Waals surface area contributed by atoms with Crippen LogP contribution in [0.1, 0.15) is 29.3 Å². The van der Waals surface area contributed by atoms with Gasteiger partial charge in [-0.25, -0.2) is 13.6 Å². The summed E-state index contributed by atoms with van der Waals surface area (Å²) in [5, 5.41) is 20.8. The summed E-state index contributed by atoms with van der Waals surface area (Å²) in [4.78, 5) is 17.6. The zero-order valence-corrected chi connectivity index (χ0v) is 16.0. The van der Waals surface area contributed by atoms with Gasteiger partial charge in [-0.3, -0.25) is 4.98 Å². The molecule has 2 amide bonds. The number of carbonyl (C=O) groups excluding carboxylic acids is 1. The number of nitrogens with one attached hydrogen (secondary N) is 1. The van der Waals surface area contributed by atoms with E-state index in [1.54, 1.807) is 6.08 Å². The number of hydrogen-bond acceptors (Lipinski definition) is 4. The summed E-state index contributed by atoms with van der Waals surface area (Å²) < 4.78 is 65.8. The average molecular weight is 443 g/mol. The molecule has 3 rings (SSSR count). The van der Waals surface area contributed by atoms with Crippen molar-refractivity contribution in [3.63, 3.8) is 0 Å². The van der Waals surface area contributed by atoms with Crippen molar-refractivity contribution in [1.29, 1.82) is 0 Å². The fraction of sp³-hybridized carbons (Fsp3) is 0.300. The number of hydrogen-bond donors (Lipinski definition) is 3. The number of anilines is 1. The third-order valence-electron chi connectivity index (χ3n) is 4.75. The van der Waals surface area contributed by atoms with E-state index in [4.69, 9.17) is 5.11 Å². The van der Waals surface area contributed by atoms with E-state index in [0.717, 1.165) is 12.1 Å². The van der Waals surface area contributed by atoms with E-state index in [2.05, 4.69) is 10.3 Å². The molecule has 0 saturated heterocycles. The van der Waals surface area contributed by atoms with E-state index >= 15 is 0 Å². The standard InChI is InChI=1S/C20H18F5N3O3/c21-15-8-13(1-2-14(15)20(23,24)25)27-19(31)28-5-3-11(4-6-28)18-16(22)7-12(9-26-18)17(30)10-29/h1-3,7-9,17,29-30H,4-6,10H2,(H,27,31). The molecule has 11 heteroatoms. The first-order valence-corrected chi connectivity index (χ1v) is 9.16. The molecule has 1 aliphatic heterocycles. The molecule has 2 heterocycles. The molecule has 166 valence electrons. The second-order valence-electron chi connectivity index (χ2n) is 6.85. The Morgan fingerprint density at radius 1 is 1.23 bits per heavy atom. The van der Waals surface area contributed by atoms with Gasteiger partial charge in [-0.2, -0.15) is 13.2 Å². The van der Waals surface area contributed by atoms with Crippen LogP contribution >= 0.6 is 0 Å². The summed E-state index contributed by atoms with van der Waals surface area (Å²) in [6.45, 7) is -0.328. The van der Waals surface area contributed by atoms with Gasteiger partial charge in [-0.05, 0) is 36.3 Å². The maximum atomic E-state index is 14.3. The summed E-state index contributed by atoms with van der Waals surface area (Å²) in [5.74, 6) is -2.18. The van der Waals surface area contributed by atoms with Crippen LogP contribution in [-0.4, -0.2) is 45.8 Å². The van der Waals surface area contributed by atoms with E-state index in [1.807, 2.05) is 0 Å². The highest BCUT2D eigenvalue weighted by Crippen LogP contribution is 2.32. The lowest BCUT2D eigenvalue weighted by atomic mass is 10.0. The minimum atomic E-state index is -4.83. The van der Waals surface area contributed by atoms with Gasteiger partial charge in [-0.1, -0.05) is 6.08 Å². The molecule has 0 spiro atoms. The molecule has 1 aliphatic rings. The zero-order chi connectivity index (χ0) is 22.8. The Morgan fingerprint density at radius 3 is 2.52 bits per heavy atom. The lowest BCUT2D eigenvalue weighted by Gasteiger charge is -2.27. The molecule has 1 unspecified atom stereocenters. The Labute approximate surface area is 173 Å². The number of carbonyl (C=O) groups is 1. The van der Waals surface area contributed by atoms with Gasteiger partial charge < -0.3 is 20.4 Å². The number of nitrogens with zero attached hydrogens (tertiary/aromatic N) is 2. The number of aromatic nitrogens is 1. The third kappa shape index (κ3) is 5.17. The number of alkyl halides is 3. The summed E-state index contributed by atoms with van der Waals surface area (Å²) in [7, 11) is 0.